The Morgan fingerprint density at radius 1 is 1.05 bits per heavy atom. The minimum atomic E-state index is -0.0881. The average molecular weight is 270 g/mol. The first-order valence-electron chi connectivity index (χ1n) is 5.89. The minimum absolute atomic E-state index is 0.0881. The Morgan fingerprint density at radius 3 is 2.37 bits per heavy atom. The number of nitrogens with one attached hydrogen (secondary N) is 1. The normalized spacial score (nSPS) is 9.89. The molecule has 0 aliphatic heterocycles. The fourth-order valence-corrected chi connectivity index (χ4v) is 1.96. The quantitative estimate of drug-likeness (QED) is 0.839. The van der Waals surface area contributed by atoms with E-state index in [1.165, 1.54) is 0 Å². The molecule has 2 aromatic rings. The number of hydrogen-bond donors (Lipinski definition) is 2. The van der Waals surface area contributed by atoms with Crippen molar-refractivity contribution in [2.45, 2.75) is 6.42 Å². The van der Waals surface area contributed by atoms with Gasteiger partial charge in [0.15, 0.2) is 0 Å². The van der Waals surface area contributed by atoms with Crippen molar-refractivity contribution in [3.8, 4) is 0 Å². The van der Waals surface area contributed by atoms with E-state index in [1.54, 1.807) is 12.1 Å². The van der Waals surface area contributed by atoms with Gasteiger partial charge in [0, 0.05) is 5.56 Å². The molecule has 96 valence electrons. The van der Waals surface area contributed by atoms with Crippen LogP contribution in [0.25, 0.3) is 0 Å². The van der Waals surface area contributed by atoms with Crippen LogP contribution in [0, 0.1) is 0 Å². The molecule has 4 heteroatoms. The summed E-state index contributed by atoms with van der Waals surface area (Å²) >= 11 is 4.96. The van der Waals surface area contributed by atoms with Crippen molar-refractivity contribution in [3.05, 3.63) is 65.7 Å². The number of anilines is 1. The number of thiocarbonyl (C=S) groups is 1. The van der Waals surface area contributed by atoms with Crippen molar-refractivity contribution in [2.75, 3.05) is 5.32 Å². The third-order valence-electron chi connectivity index (χ3n) is 2.67. The van der Waals surface area contributed by atoms with Crippen LogP contribution < -0.4 is 11.1 Å². The highest BCUT2D eigenvalue weighted by molar-refractivity contribution is 7.80. The number of amides is 1. The van der Waals surface area contributed by atoms with E-state index in [1.807, 2.05) is 42.5 Å². The molecule has 3 N–H and O–H groups in total. The van der Waals surface area contributed by atoms with Gasteiger partial charge in [0.05, 0.1) is 12.1 Å². The average Bonchev–Trinajstić information content (AvgIpc) is 2.40. The molecule has 0 radical (unpaired) electrons. The van der Waals surface area contributed by atoms with Gasteiger partial charge in [-0.2, -0.15) is 0 Å². The highest BCUT2D eigenvalue weighted by atomic mass is 32.1. The molecule has 0 spiro atoms. The van der Waals surface area contributed by atoms with Crippen molar-refractivity contribution in [1.82, 2.24) is 0 Å². The van der Waals surface area contributed by atoms with Crippen molar-refractivity contribution in [3.63, 3.8) is 0 Å². The smallest absolute Gasteiger partial charge is 0.228 e. The molecule has 0 fully saturated rings. The molecule has 0 saturated carbocycles. The third-order valence-corrected chi connectivity index (χ3v) is 2.89. The fourth-order valence-electron chi connectivity index (χ4n) is 1.78. The molecule has 0 aromatic heterocycles. The Labute approximate surface area is 117 Å². The van der Waals surface area contributed by atoms with Crippen molar-refractivity contribution in [2.24, 2.45) is 5.73 Å². The number of hydrogen-bond acceptors (Lipinski definition) is 2. The van der Waals surface area contributed by atoms with Gasteiger partial charge in [-0.05, 0) is 17.7 Å². The third kappa shape index (κ3) is 3.63. The van der Waals surface area contributed by atoms with Crippen molar-refractivity contribution < 1.29 is 4.79 Å². The van der Waals surface area contributed by atoms with E-state index >= 15 is 0 Å². The molecule has 2 rings (SSSR count). The summed E-state index contributed by atoms with van der Waals surface area (Å²) in [6.45, 7) is 0. The van der Waals surface area contributed by atoms with Crippen LogP contribution in [0.15, 0.2) is 54.6 Å². The van der Waals surface area contributed by atoms with Crippen molar-refractivity contribution >= 4 is 28.8 Å². The van der Waals surface area contributed by atoms with E-state index < -0.39 is 0 Å². The van der Waals surface area contributed by atoms with Crippen LogP contribution in [0.2, 0.25) is 0 Å². The van der Waals surface area contributed by atoms with Gasteiger partial charge in [0.25, 0.3) is 0 Å². The van der Waals surface area contributed by atoms with Gasteiger partial charge in [0.2, 0.25) is 5.91 Å². The number of nitrogens with two attached hydrogens (primary N) is 1. The Kier molecular flexibility index (Phi) is 4.26. The predicted octanol–water partition coefficient (Wildman–Crippen LogP) is 2.50. The second kappa shape index (κ2) is 6.11. The Bertz CT molecular complexity index is 596. The highest BCUT2D eigenvalue weighted by Gasteiger charge is 2.08. The lowest BCUT2D eigenvalue weighted by Crippen LogP contribution is -2.18. The van der Waals surface area contributed by atoms with Crippen LogP contribution in [0.3, 0.4) is 0 Å². The first kappa shape index (κ1) is 13.2. The summed E-state index contributed by atoms with van der Waals surface area (Å²) in [5.41, 5.74) is 7.92. The van der Waals surface area contributed by atoms with E-state index in [0.29, 0.717) is 17.7 Å². The van der Waals surface area contributed by atoms with Crippen LogP contribution in [0.1, 0.15) is 11.1 Å². The Balaban J connectivity index is 2.09. The Morgan fingerprint density at radius 2 is 1.68 bits per heavy atom. The summed E-state index contributed by atoms with van der Waals surface area (Å²) in [7, 11) is 0. The lowest BCUT2D eigenvalue weighted by molar-refractivity contribution is -0.115. The SMILES string of the molecule is NC(=S)c1ccccc1NC(=O)Cc1ccccc1. The number of carbonyl (C=O) groups excluding carboxylic acids is 1. The number of para-hydroxylation sites is 1. The molecule has 19 heavy (non-hydrogen) atoms. The number of carbonyl (C=O) groups is 1. The van der Waals surface area contributed by atoms with Gasteiger partial charge in [-0.15, -0.1) is 0 Å². The second-order valence-corrected chi connectivity index (χ2v) is 4.56. The van der Waals surface area contributed by atoms with Gasteiger partial charge in [-0.1, -0.05) is 54.7 Å². The molecule has 0 unspecified atom stereocenters. The standard InChI is InChI=1S/C15H14N2OS/c16-15(19)12-8-4-5-9-13(12)17-14(18)10-11-6-2-1-3-7-11/h1-9H,10H2,(H2,16,19)(H,17,18). The molecule has 0 aliphatic carbocycles. The van der Waals surface area contributed by atoms with Gasteiger partial charge < -0.3 is 11.1 Å². The summed E-state index contributed by atoms with van der Waals surface area (Å²) in [6, 6.07) is 16.8. The number of benzene rings is 2. The molecule has 0 aliphatic rings. The molecule has 2 aromatic carbocycles. The molecule has 0 heterocycles. The second-order valence-electron chi connectivity index (χ2n) is 4.12. The maximum atomic E-state index is 12.0. The van der Waals surface area contributed by atoms with Crippen LogP contribution in [0.4, 0.5) is 5.69 Å². The van der Waals surface area contributed by atoms with Crippen LogP contribution in [-0.4, -0.2) is 10.9 Å². The molecular formula is C15H14N2OS. The molecule has 0 atom stereocenters. The minimum Gasteiger partial charge on any atom is -0.389 e. The summed E-state index contributed by atoms with van der Waals surface area (Å²) in [5.74, 6) is -0.0881. The zero-order chi connectivity index (χ0) is 13.7. The van der Waals surface area contributed by atoms with Crippen LogP contribution in [-0.2, 0) is 11.2 Å². The summed E-state index contributed by atoms with van der Waals surface area (Å²) in [6.07, 6.45) is 0.326. The summed E-state index contributed by atoms with van der Waals surface area (Å²) < 4.78 is 0. The van der Waals surface area contributed by atoms with Gasteiger partial charge in [-0.25, -0.2) is 0 Å². The first-order chi connectivity index (χ1) is 9.16. The van der Waals surface area contributed by atoms with E-state index in [4.69, 9.17) is 18.0 Å². The van der Waals surface area contributed by atoms with Gasteiger partial charge in [-0.3, -0.25) is 4.79 Å². The highest BCUT2D eigenvalue weighted by Crippen LogP contribution is 2.15. The molecule has 1 amide bonds. The Hall–Kier alpha value is -2.20. The number of rotatable bonds is 4. The zero-order valence-electron chi connectivity index (χ0n) is 10.3. The first-order valence-corrected chi connectivity index (χ1v) is 6.30. The molecule has 0 saturated heterocycles. The van der Waals surface area contributed by atoms with Crippen LogP contribution in [0.5, 0.6) is 0 Å². The lowest BCUT2D eigenvalue weighted by Gasteiger charge is -2.09. The topological polar surface area (TPSA) is 55.1 Å². The van der Waals surface area contributed by atoms with E-state index in [2.05, 4.69) is 5.32 Å². The monoisotopic (exact) mass is 270 g/mol. The predicted molar refractivity (Wildman–Crippen MR) is 81.1 cm³/mol. The van der Waals surface area contributed by atoms with E-state index in [0.717, 1.165) is 5.56 Å². The van der Waals surface area contributed by atoms with Gasteiger partial charge in [0.1, 0.15) is 4.99 Å². The zero-order valence-corrected chi connectivity index (χ0v) is 11.1. The lowest BCUT2D eigenvalue weighted by atomic mass is 10.1. The van der Waals surface area contributed by atoms with E-state index in [9.17, 15) is 4.79 Å². The fraction of sp³-hybridized carbons (Fsp3) is 0.0667. The molecule has 3 nitrogen and oxygen atoms in total. The molecular weight excluding hydrogens is 256 g/mol. The largest absolute Gasteiger partial charge is 0.389 e. The van der Waals surface area contributed by atoms with Gasteiger partial charge >= 0.3 is 0 Å². The van der Waals surface area contributed by atoms with Crippen molar-refractivity contribution in [1.29, 1.82) is 0 Å². The van der Waals surface area contributed by atoms with E-state index in [-0.39, 0.29) is 10.9 Å². The molecule has 0 bridgehead atoms. The van der Waals surface area contributed by atoms with Crippen LogP contribution >= 0.6 is 12.2 Å². The maximum Gasteiger partial charge on any atom is 0.228 e. The maximum absolute atomic E-state index is 12.0. The summed E-state index contributed by atoms with van der Waals surface area (Å²) in [4.78, 5) is 12.2. The summed E-state index contributed by atoms with van der Waals surface area (Å²) in [5, 5.41) is 2.83.